The van der Waals surface area contributed by atoms with E-state index in [1.807, 2.05) is 60.9 Å². The summed E-state index contributed by atoms with van der Waals surface area (Å²) in [5, 5.41) is 14.6. The molecule has 4 aromatic carbocycles. The molecule has 0 unspecified atom stereocenters. The molecule has 6 heteroatoms. The van der Waals surface area contributed by atoms with Crippen molar-refractivity contribution in [3.05, 3.63) is 139 Å². The Balaban J connectivity index is 0.000000198. The molecule has 225 valence electrons. The zero-order chi connectivity index (χ0) is 30.8. The number of aliphatic hydroxyl groups is 1. The van der Waals surface area contributed by atoms with Gasteiger partial charge in [-0.25, -0.2) is 0 Å². The molecule has 6 aromatic rings. The molecule has 2 heterocycles. The van der Waals surface area contributed by atoms with Crippen LogP contribution in [0, 0.1) is 12.1 Å². The number of pyridine rings is 2. The van der Waals surface area contributed by atoms with Gasteiger partial charge >= 0.3 is 0 Å². The molecule has 1 radical (unpaired) electrons. The third-order valence-electron chi connectivity index (χ3n) is 6.65. The predicted octanol–water partition coefficient (Wildman–Crippen LogP) is 8.98. The van der Waals surface area contributed by atoms with Gasteiger partial charge in [-0.1, -0.05) is 68.2 Å². The second-order valence-electron chi connectivity index (χ2n) is 11.2. The molecule has 1 N–H and O–H groups in total. The summed E-state index contributed by atoms with van der Waals surface area (Å²) < 4.78 is 0. The van der Waals surface area contributed by atoms with Gasteiger partial charge in [-0.3, -0.25) is 4.79 Å². The zero-order valence-corrected chi connectivity index (χ0v) is 29.0. The van der Waals surface area contributed by atoms with Crippen LogP contribution in [0.3, 0.4) is 0 Å². The van der Waals surface area contributed by atoms with Gasteiger partial charge < -0.3 is 15.1 Å². The van der Waals surface area contributed by atoms with Gasteiger partial charge in [0.05, 0.1) is 13.8 Å². The molecule has 0 saturated carbocycles. The Labute approximate surface area is 274 Å². The normalized spacial score (nSPS) is 11.0. The van der Waals surface area contributed by atoms with E-state index >= 15 is 0 Å². The van der Waals surface area contributed by atoms with Crippen molar-refractivity contribution in [2.45, 2.75) is 33.5 Å². The summed E-state index contributed by atoms with van der Waals surface area (Å²) in [6.07, 6.45) is 4.89. The molecule has 0 aliphatic carbocycles. The molecule has 0 saturated heterocycles. The summed E-state index contributed by atoms with van der Waals surface area (Å²) in [5.74, 6) is -0.0625. The van der Waals surface area contributed by atoms with E-state index in [0.29, 0.717) is 0 Å². The van der Waals surface area contributed by atoms with Crippen molar-refractivity contribution in [2.24, 2.45) is 0 Å². The van der Waals surface area contributed by atoms with Gasteiger partial charge in [0, 0.05) is 38.6 Å². The SMILES string of the molecule is CC(=O)/C=C(/C)O.C[Si](C)(C)c1cc[c-]c(-c2nccc3ccccc23)c1.[Ir].[c-]1ccccc1-c1nccc2ccccc12. The van der Waals surface area contributed by atoms with Crippen molar-refractivity contribution in [2.75, 3.05) is 0 Å². The van der Waals surface area contributed by atoms with Gasteiger partial charge in [0.25, 0.3) is 0 Å². The summed E-state index contributed by atoms with van der Waals surface area (Å²) in [6.45, 7) is 9.94. The minimum atomic E-state index is -1.31. The van der Waals surface area contributed by atoms with Crippen LogP contribution in [0.4, 0.5) is 0 Å². The Morgan fingerprint density at radius 3 is 1.70 bits per heavy atom. The van der Waals surface area contributed by atoms with Crippen LogP contribution >= 0.6 is 0 Å². The van der Waals surface area contributed by atoms with E-state index in [9.17, 15) is 4.79 Å². The van der Waals surface area contributed by atoms with Crippen LogP contribution < -0.4 is 5.19 Å². The standard InChI is InChI=1S/C18H18NSi.C15H10N.C5H8O2.Ir/c1-20(2,3)16-9-6-8-15(13-16)18-17-10-5-4-7-14(17)11-12-19-18;1-2-7-13(8-3-1)15-14-9-5-4-6-12(14)10-11-16-15;1-4(6)3-5(2)7;/h4-7,9-13H,1-3H3;1-7,9-11H;3,6H,1-2H3;/q2*-1;;/b;;4-3-;. The maximum Gasteiger partial charge on any atom is 0.155 e. The van der Waals surface area contributed by atoms with E-state index in [1.54, 1.807) is 0 Å². The van der Waals surface area contributed by atoms with Crippen LogP contribution in [0.1, 0.15) is 13.8 Å². The molecule has 0 spiro atoms. The maximum atomic E-state index is 10.0. The van der Waals surface area contributed by atoms with Gasteiger partial charge in [0.2, 0.25) is 0 Å². The molecule has 0 atom stereocenters. The molecular weight excluding hydrogens is 737 g/mol. The van der Waals surface area contributed by atoms with Gasteiger partial charge in [-0.05, 0) is 58.9 Å². The summed E-state index contributed by atoms with van der Waals surface area (Å²) in [4.78, 5) is 19.0. The Morgan fingerprint density at radius 2 is 1.23 bits per heavy atom. The van der Waals surface area contributed by atoms with Crippen LogP contribution in [0.2, 0.25) is 19.6 Å². The van der Waals surface area contributed by atoms with Crippen molar-refractivity contribution in [3.63, 3.8) is 0 Å². The Bertz CT molecular complexity index is 1850. The van der Waals surface area contributed by atoms with Gasteiger partial charge in [0.15, 0.2) is 5.78 Å². The van der Waals surface area contributed by atoms with Crippen molar-refractivity contribution in [1.82, 2.24) is 9.97 Å². The average Bonchev–Trinajstić information content (AvgIpc) is 3.00. The minimum Gasteiger partial charge on any atom is -0.512 e. The van der Waals surface area contributed by atoms with E-state index in [4.69, 9.17) is 5.11 Å². The van der Waals surface area contributed by atoms with Crippen LogP contribution in [0.25, 0.3) is 44.1 Å². The molecule has 0 aliphatic heterocycles. The topological polar surface area (TPSA) is 63.1 Å². The number of rotatable bonds is 4. The van der Waals surface area contributed by atoms with Crippen molar-refractivity contribution >= 4 is 40.6 Å². The van der Waals surface area contributed by atoms with E-state index in [0.717, 1.165) is 22.5 Å². The van der Waals surface area contributed by atoms with E-state index in [2.05, 4.69) is 96.3 Å². The molecule has 4 nitrogen and oxygen atoms in total. The van der Waals surface area contributed by atoms with Crippen LogP contribution in [0.15, 0.2) is 127 Å². The number of allylic oxidation sites excluding steroid dienone is 2. The van der Waals surface area contributed by atoms with Crippen LogP contribution in [-0.4, -0.2) is 28.9 Å². The average molecular weight is 773 g/mol. The summed E-state index contributed by atoms with van der Waals surface area (Å²) in [5.41, 5.74) is 4.17. The second-order valence-corrected chi connectivity index (χ2v) is 16.3. The number of carbonyl (C=O) groups is 1. The second kappa shape index (κ2) is 16.0. The first-order chi connectivity index (χ1) is 20.6. The first-order valence-corrected chi connectivity index (χ1v) is 17.7. The maximum absolute atomic E-state index is 10.0. The fourth-order valence-electron chi connectivity index (χ4n) is 4.57. The Morgan fingerprint density at radius 1 is 0.705 bits per heavy atom. The summed E-state index contributed by atoms with van der Waals surface area (Å²) in [7, 11) is -1.31. The minimum absolute atomic E-state index is 0. The monoisotopic (exact) mass is 773 g/mol. The Kier molecular flexibility index (Phi) is 12.5. The first kappa shape index (κ1) is 34.3. The first-order valence-electron chi connectivity index (χ1n) is 14.2. The Hall–Kier alpha value is -4.22. The van der Waals surface area contributed by atoms with Crippen molar-refractivity contribution in [3.8, 4) is 22.5 Å². The number of hydrogen-bond donors (Lipinski definition) is 1. The molecule has 6 rings (SSSR count). The molecule has 0 bridgehead atoms. The van der Waals surface area contributed by atoms with Gasteiger partial charge in [-0.2, -0.15) is 0 Å². The fourth-order valence-corrected chi connectivity index (χ4v) is 5.73. The molecule has 44 heavy (non-hydrogen) atoms. The molecule has 0 fully saturated rings. The number of hydrogen-bond acceptors (Lipinski definition) is 4. The number of nitrogens with zero attached hydrogens (tertiary/aromatic N) is 2. The predicted molar refractivity (Wildman–Crippen MR) is 182 cm³/mol. The van der Waals surface area contributed by atoms with Gasteiger partial charge in [0.1, 0.15) is 0 Å². The quantitative estimate of drug-likeness (QED) is 0.0842. The number of benzene rings is 4. The number of fused-ring (bicyclic) bond motifs is 2. The zero-order valence-electron chi connectivity index (χ0n) is 25.6. The van der Waals surface area contributed by atoms with E-state index in [1.165, 1.54) is 46.7 Å². The van der Waals surface area contributed by atoms with Crippen LogP contribution in [-0.2, 0) is 24.9 Å². The van der Waals surface area contributed by atoms with Gasteiger partial charge in [-0.15, -0.1) is 70.9 Å². The number of aliphatic hydroxyl groups excluding tert-OH is 1. The number of carbonyl (C=O) groups excluding carboxylic acids is 1. The summed E-state index contributed by atoms with van der Waals surface area (Å²) >= 11 is 0. The molecule has 0 aliphatic rings. The number of ketones is 1. The van der Waals surface area contributed by atoms with Crippen molar-refractivity contribution < 1.29 is 30.0 Å². The largest absolute Gasteiger partial charge is 0.512 e. The van der Waals surface area contributed by atoms with Crippen molar-refractivity contribution in [1.29, 1.82) is 0 Å². The molecular formula is C38H36IrN2O2Si-2. The summed E-state index contributed by atoms with van der Waals surface area (Å²) in [6, 6.07) is 41.7. The third kappa shape index (κ3) is 9.39. The number of aromatic nitrogens is 2. The van der Waals surface area contributed by atoms with E-state index in [-0.39, 0.29) is 31.6 Å². The van der Waals surface area contributed by atoms with E-state index < -0.39 is 8.07 Å². The third-order valence-corrected chi connectivity index (χ3v) is 8.69. The molecule has 2 aromatic heterocycles. The van der Waals surface area contributed by atoms with Crippen LogP contribution in [0.5, 0.6) is 0 Å². The molecule has 0 amide bonds. The smallest absolute Gasteiger partial charge is 0.155 e. The fraction of sp³-hybridized carbons (Fsp3) is 0.132.